The molecule has 23 heavy (non-hydrogen) atoms. The number of nitrogens with one attached hydrogen (secondary N) is 2. The molecular formula is C16H19F2N2O2S+. The molecule has 0 bridgehead atoms. The highest BCUT2D eigenvalue weighted by Crippen LogP contribution is 2.26. The van der Waals surface area contributed by atoms with Gasteiger partial charge in [0.1, 0.15) is 12.3 Å². The number of carbonyl (C=O) groups excluding carboxylic acids is 1. The molecule has 2 rings (SSSR count). The van der Waals surface area contributed by atoms with E-state index in [2.05, 4.69) is 5.32 Å². The first-order valence-electron chi connectivity index (χ1n) is 7.13. The van der Waals surface area contributed by atoms with Crippen molar-refractivity contribution < 1.29 is 22.9 Å². The zero-order valence-electron chi connectivity index (χ0n) is 12.9. The van der Waals surface area contributed by atoms with Crippen LogP contribution in [0.15, 0.2) is 45.7 Å². The monoisotopic (exact) mass is 341 g/mol. The van der Waals surface area contributed by atoms with Gasteiger partial charge in [-0.2, -0.15) is 8.78 Å². The Bertz CT molecular complexity index is 644. The molecule has 0 aliphatic carbocycles. The first-order chi connectivity index (χ1) is 10.9. The molecule has 7 heteroatoms. The minimum atomic E-state index is -2.45. The zero-order valence-corrected chi connectivity index (χ0v) is 13.8. The Morgan fingerprint density at radius 2 is 1.96 bits per heavy atom. The lowest BCUT2D eigenvalue weighted by molar-refractivity contribution is -0.886. The summed E-state index contributed by atoms with van der Waals surface area (Å²) >= 11 is 0.479. The summed E-state index contributed by atoms with van der Waals surface area (Å²) in [5, 5.41) is 2.76. The molecule has 124 valence electrons. The van der Waals surface area contributed by atoms with Crippen LogP contribution in [-0.2, 0) is 11.3 Å². The molecule has 4 nitrogen and oxygen atoms in total. The van der Waals surface area contributed by atoms with E-state index in [0.717, 1.165) is 16.4 Å². The van der Waals surface area contributed by atoms with Crippen LogP contribution in [0.4, 0.5) is 14.5 Å². The van der Waals surface area contributed by atoms with Gasteiger partial charge in [0.25, 0.3) is 11.7 Å². The number of alkyl halides is 2. The maximum atomic E-state index is 12.2. The molecule has 0 saturated carbocycles. The van der Waals surface area contributed by atoms with Crippen molar-refractivity contribution in [3.05, 3.63) is 47.9 Å². The number of carbonyl (C=O) groups is 1. The highest BCUT2D eigenvalue weighted by Gasteiger charge is 2.13. The predicted molar refractivity (Wildman–Crippen MR) is 85.8 cm³/mol. The molecule has 0 aliphatic heterocycles. The maximum absolute atomic E-state index is 12.2. The van der Waals surface area contributed by atoms with Crippen LogP contribution in [0.25, 0.3) is 0 Å². The number of amides is 1. The van der Waals surface area contributed by atoms with E-state index in [0.29, 0.717) is 28.9 Å². The number of aryl methyl sites for hydroxylation is 1. The number of anilines is 1. The smallest absolute Gasteiger partial charge is 0.288 e. The number of halogens is 2. The molecule has 0 spiro atoms. The van der Waals surface area contributed by atoms with Crippen LogP contribution >= 0.6 is 11.8 Å². The van der Waals surface area contributed by atoms with Gasteiger partial charge in [0.2, 0.25) is 0 Å². The summed E-state index contributed by atoms with van der Waals surface area (Å²) in [7, 11) is 1.90. The van der Waals surface area contributed by atoms with Crippen molar-refractivity contribution in [2.24, 2.45) is 0 Å². The van der Waals surface area contributed by atoms with Gasteiger partial charge in [-0.25, -0.2) is 0 Å². The molecule has 1 aromatic carbocycles. The summed E-state index contributed by atoms with van der Waals surface area (Å²) in [5.41, 5.74) is 0.593. The zero-order chi connectivity index (χ0) is 16.8. The van der Waals surface area contributed by atoms with Crippen LogP contribution in [0, 0.1) is 6.92 Å². The number of hydrogen-bond acceptors (Lipinski definition) is 3. The van der Waals surface area contributed by atoms with Gasteiger partial charge >= 0.3 is 0 Å². The summed E-state index contributed by atoms with van der Waals surface area (Å²) in [6.07, 6.45) is 0. The number of benzene rings is 1. The number of hydrogen-bond donors (Lipinski definition) is 2. The van der Waals surface area contributed by atoms with E-state index in [1.54, 1.807) is 24.3 Å². The van der Waals surface area contributed by atoms with E-state index >= 15 is 0 Å². The third-order valence-electron chi connectivity index (χ3n) is 3.10. The van der Waals surface area contributed by atoms with Gasteiger partial charge in [-0.05, 0) is 43.3 Å². The topological polar surface area (TPSA) is 46.7 Å². The normalized spacial score (nSPS) is 12.4. The number of quaternary nitrogens is 1. The third kappa shape index (κ3) is 6.03. The van der Waals surface area contributed by atoms with Crippen LogP contribution in [0.2, 0.25) is 0 Å². The molecule has 2 N–H and O–H groups in total. The quantitative estimate of drug-likeness (QED) is 0.761. The summed E-state index contributed by atoms with van der Waals surface area (Å²) in [6.45, 7) is 2.78. The highest BCUT2D eigenvalue weighted by molar-refractivity contribution is 7.99. The van der Waals surface area contributed by atoms with Gasteiger partial charge < -0.3 is 14.6 Å². The first kappa shape index (κ1) is 17.5. The Labute approximate surface area is 137 Å². The second kappa shape index (κ2) is 8.12. The standard InChI is InChI=1S/C16H18F2N2O2S/c1-11-3-6-13(22-11)9-20(2)10-15(21)19-12-4-7-14(8-5-12)23-16(17)18/h3-8,16H,9-10H2,1-2H3,(H,19,21)/p+1. The fourth-order valence-electron chi connectivity index (χ4n) is 2.14. The molecule has 0 saturated heterocycles. The minimum absolute atomic E-state index is 0.139. The summed E-state index contributed by atoms with van der Waals surface area (Å²) in [6, 6.07) is 10.2. The van der Waals surface area contributed by atoms with E-state index in [1.165, 1.54) is 0 Å². The van der Waals surface area contributed by atoms with Crippen LogP contribution < -0.4 is 10.2 Å². The van der Waals surface area contributed by atoms with E-state index < -0.39 is 5.76 Å². The Kier molecular flexibility index (Phi) is 6.18. The predicted octanol–water partition coefficient (Wildman–Crippen LogP) is 2.56. The van der Waals surface area contributed by atoms with E-state index in [4.69, 9.17) is 4.42 Å². The second-order valence-corrected chi connectivity index (χ2v) is 6.34. The van der Waals surface area contributed by atoms with Gasteiger partial charge in [0, 0.05) is 10.6 Å². The van der Waals surface area contributed by atoms with Crippen molar-refractivity contribution in [2.75, 3.05) is 18.9 Å². The lowest BCUT2D eigenvalue weighted by Gasteiger charge is -2.12. The lowest BCUT2D eigenvalue weighted by atomic mass is 10.3. The van der Waals surface area contributed by atoms with Gasteiger partial charge in [-0.3, -0.25) is 4.79 Å². The average molecular weight is 341 g/mol. The molecule has 1 atom stereocenters. The van der Waals surface area contributed by atoms with Gasteiger partial charge in [0.05, 0.1) is 7.05 Å². The molecule has 1 aromatic heterocycles. The van der Waals surface area contributed by atoms with Gasteiger partial charge in [0.15, 0.2) is 12.3 Å². The molecule has 1 heterocycles. The summed E-state index contributed by atoms with van der Waals surface area (Å²) in [5.74, 6) is -0.904. The van der Waals surface area contributed by atoms with Crippen molar-refractivity contribution in [2.45, 2.75) is 24.1 Å². The van der Waals surface area contributed by atoms with Gasteiger partial charge in [-0.15, -0.1) is 0 Å². The number of furan rings is 1. The number of thioether (sulfide) groups is 1. The second-order valence-electron chi connectivity index (χ2n) is 5.27. The number of rotatable bonds is 7. The molecule has 1 unspecified atom stereocenters. The van der Waals surface area contributed by atoms with Crippen molar-refractivity contribution in [1.29, 1.82) is 0 Å². The SMILES string of the molecule is Cc1ccc(C[NH+](C)CC(=O)Nc2ccc(SC(F)F)cc2)o1. The molecule has 0 fully saturated rings. The Morgan fingerprint density at radius 1 is 1.26 bits per heavy atom. The summed E-state index contributed by atoms with van der Waals surface area (Å²) < 4.78 is 30.0. The average Bonchev–Trinajstić information content (AvgIpc) is 2.85. The first-order valence-corrected chi connectivity index (χ1v) is 8.01. The van der Waals surface area contributed by atoms with Crippen molar-refractivity contribution in [3.63, 3.8) is 0 Å². The van der Waals surface area contributed by atoms with Crippen molar-refractivity contribution in [1.82, 2.24) is 0 Å². The van der Waals surface area contributed by atoms with Crippen LogP contribution in [-0.4, -0.2) is 25.3 Å². The molecule has 2 aromatic rings. The fraction of sp³-hybridized carbons (Fsp3) is 0.312. The van der Waals surface area contributed by atoms with Crippen LogP contribution in [0.3, 0.4) is 0 Å². The minimum Gasteiger partial charge on any atom is -0.460 e. The van der Waals surface area contributed by atoms with Gasteiger partial charge in [-0.1, -0.05) is 11.8 Å². The number of likely N-dealkylation sites (N-methyl/N-ethyl adjacent to an activating group) is 1. The molecule has 1 amide bonds. The third-order valence-corrected chi connectivity index (χ3v) is 3.82. The van der Waals surface area contributed by atoms with Crippen molar-refractivity contribution in [3.8, 4) is 0 Å². The maximum Gasteiger partial charge on any atom is 0.288 e. The molecular weight excluding hydrogens is 322 g/mol. The van der Waals surface area contributed by atoms with Crippen LogP contribution in [0.1, 0.15) is 11.5 Å². The summed E-state index contributed by atoms with van der Waals surface area (Å²) in [4.78, 5) is 13.4. The Morgan fingerprint density at radius 3 is 2.52 bits per heavy atom. The van der Waals surface area contributed by atoms with E-state index in [9.17, 15) is 13.6 Å². The fourth-order valence-corrected chi connectivity index (χ4v) is 2.64. The molecule has 0 aliphatic rings. The Hall–Kier alpha value is -1.86. The molecule has 0 radical (unpaired) electrons. The van der Waals surface area contributed by atoms with Crippen molar-refractivity contribution >= 4 is 23.4 Å². The highest BCUT2D eigenvalue weighted by atomic mass is 32.2. The van der Waals surface area contributed by atoms with E-state index in [1.807, 2.05) is 26.1 Å². The van der Waals surface area contributed by atoms with E-state index in [-0.39, 0.29) is 12.5 Å². The lowest BCUT2D eigenvalue weighted by Crippen LogP contribution is -3.08. The Balaban J connectivity index is 1.81. The largest absolute Gasteiger partial charge is 0.460 e. The van der Waals surface area contributed by atoms with Crippen LogP contribution in [0.5, 0.6) is 0 Å².